The van der Waals surface area contributed by atoms with Crippen LogP contribution in [0.4, 0.5) is 5.13 Å². The molecule has 2 aliphatic rings. The summed E-state index contributed by atoms with van der Waals surface area (Å²) in [6.07, 6.45) is 2.69. The van der Waals surface area contributed by atoms with Gasteiger partial charge in [-0.1, -0.05) is 11.3 Å². The minimum absolute atomic E-state index is 0.239. The number of hydrogen-bond acceptors (Lipinski definition) is 6. The van der Waals surface area contributed by atoms with Gasteiger partial charge < -0.3 is 9.64 Å². The van der Waals surface area contributed by atoms with Crippen molar-refractivity contribution in [2.45, 2.75) is 19.3 Å². The van der Waals surface area contributed by atoms with E-state index in [0.29, 0.717) is 0 Å². The molecule has 0 bridgehead atoms. The number of thiazole rings is 1. The summed E-state index contributed by atoms with van der Waals surface area (Å²) in [6, 6.07) is 4.03. The van der Waals surface area contributed by atoms with E-state index < -0.39 is 0 Å². The maximum atomic E-state index is 9.09. The molecule has 0 radical (unpaired) electrons. The largest absolute Gasteiger partial charge is 0.378 e. The summed E-state index contributed by atoms with van der Waals surface area (Å²) in [4.78, 5) is 7.97. The van der Waals surface area contributed by atoms with Gasteiger partial charge in [0.25, 0.3) is 0 Å². The molecule has 0 aromatic carbocycles. The number of rotatable bonds is 1. The number of allylic oxidation sites excluding steroid dienone is 2. The first kappa shape index (κ1) is 13.1. The number of anilines is 1. The van der Waals surface area contributed by atoms with Gasteiger partial charge in [-0.3, -0.25) is 0 Å². The fourth-order valence-corrected chi connectivity index (χ4v) is 3.82. The second kappa shape index (κ2) is 5.62. The van der Waals surface area contributed by atoms with Crippen molar-refractivity contribution >= 4 is 22.0 Å². The highest BCUT2D eigenvalue weighted by molar-refractivity contribution is 7.16. The number of morpholine rings is 1. The normalized spacial score (nSPS) is 18.1. The third-order valence-corrected chi connectivity index (χ3v) is 4.83. The first-order valence-electron chi connectivity index (χ1n) is 6.69. The molecule has 1 saturated heterocycles. The van der Waals surface area contributed by atoms with Gasteiger partial charge in [0, 0.05) is 13.1 Å². The average Bonchev–Trinajstić information content (AvgIpc) is 2.94. The van der Waals surface area contributed by atoms with E-state index in [1.165, 1.54) is 0 Å². The number of hydrogen-bond donors (Lipinski definition) is 0. The van der Waals surface area contributed by atoms with Crippen LogP contribution in [-0.2, 0) is 11.2 Å². The van der Waals surface area contributed by atoms with E-state index in [-0.39, 0.29) is 5.57 Å². The zero-order valence-corrected chi connectivity index (χ0v) is 11.9. The summed E-state index contributed by atoms with van der Waals surface area (Å²) >= 11 is 1.61. The van der Waals surface area contributed by atoms with Crippen molar-refractivity contribution < 1.29 is 4.74 Å². The van der Waals surface area contributed by atoms with Crippen molar-refractivity contribution in [2.75, 3.05) is 31.2 Å². The molecule has 3 rings (SSSR count). The Morgan fingerprint density at radius 3 is 2.65 bits per heavy atom. The molecule has 1 aliphatic heterocycles. The average molecular weight is 286 g/mol. The van der Waals surface area contributed by atoms with Crippen LogP contribution >= 0.6 is 11.3 Å². The standard InChI is InChI=1S/C14H14N4OS/c15-8-10(9-16)11-2-1-3-12-13(11)20-14(17-12)18-4-6-19-7-5-18/h1-7H2. The Labute approximate surface area is 121 Å². The van der Waals surface area contributed by atoms with Gasteiger partial charge >= 0.3 is 0 Å². The summed E-state index contributed by atoms with van der Waals surface area (Å²) in [5, 5.41) is 19.2. The molecular formula is C14H14N4OS. The highest BCUT2D eigenvalue weighted by Crippen LogP contribution is 2.39. The summed E-state index contributed by atoms with van der Waals surface area (Å²) in [5.41, 5.74) is 2.16. The fraction of sp³-hybridized carbons (Fsp3) is 0.500. The molecule has 20 heavy (non-hydrogen) atoms. The van der Waals surface area contributed by atoms with Gasteiger partial charge in [0.1, 0.15) is 17.7 Å². The van der Waals surface area contributed by atoms with E-state index in [9.17, 15) is 0 Å². The molecule has 0 N–H and O–H groups in total. The van der Waals surface area contributed by atoms with Crippen LogP contribution in [0.5, 0.6) is 0 Å². The minimum atomic E-state index is 0.239. The molecule has 102 valence electrons. The molecule has 6 heteroatoms. The topological polar surface area (TPSA) is 72.9 Å². The smallest absolute Gasteiger partial charge is 0.186 e. The van der Waals surface area contributed by atoms with Gasteiger partial charge in [-0.15, -0.1) is 0 Å². The highest BCUT2D eigenvalue weighted by atomic mass is 32.1. The SMILES string of the molecule is N#CC(C#N)=C1CCCc2nc(N3CCOCC3)sc21. The molecular weight excluding hydrogens is 272 g/mol. The Bertz CT molecular complexity index is 613. The molecule has 5 nitrogen and oxygen atoms in total. The number of ether oxygens (including phenoxy) is 1. The maximum Gasteiger partial charge on any atom is 0.186 e. The van der Waals surface area contributed by atoms with Crippen LogP contribution in [0.15, 0.2) is 5.57 Å². The van der Waals surface area contributed by atoms with Crippen molar-refractivity contribution in [2.24, 2.45) is 0 Å². The predicted octanol–water partition coefficient (Wildman–Crippen LogP) is 2.12. The van der Waals surface area contributed by atoms with Crippen LogP contribution < -0.4 is 4.90 Å². The van der Waals surface area contributed by atoms with Crippen molar-refractivity contribution in [1.82, 2.24) is 4.98 Å². The molecule has 0 atom stereocenters. The lowest BCUT2D eigenvalue weighted by Crippen LogP contribution is -2.36. The fourth-order valence-electron chi connectivity index (χ4n) is 2.58. The van der Waals surface area contributed by atoms with Crippen LogP contribution in [0.25, 0.3) is 5.57 Å². The number of fused-ring (bicyclic) bond motifs is 1. The van der Waals surface area contributed by atoms with Gasteiger partial charge in [0.05, 0.1) is 23.8 Å². The quantitative estimate of drug-likeness (QED) is 0.739. The molecule has 0 spiro atoms. The van der Waals surface area contributed by atoms with Crippen molar-refractivity contribution in [3.8, 4) is 12.1 Å². The molecule has 0 amide bonds. The van der Waals surface area contributed by atoms with E-state index in [1.54, 1.807) is 11.3 Å². The lowest BCUT2D eigenvalue weighted by Gasteiger charge is -2.26. The van der Waals surface area contributed by atoms with Gasteiger partial charge in [0.15, 0.2) is 5.13 Å². The lowest BCUT2D eigenvalue weighted by atomic mass is 9.94. The first-order chi connectivity index (χ1) is 9.83. The van der Waals surface area contributed by atoms with Crippen LogP contribution in [0.1, 0.15) is 23.4 Å². The molecule has 0 saturated carbocycles. The van der Waals surface area contributed by atoms with Crippen LogP contribution in [0, 0.1) is 22.7 Å². The summed E-state index contributed by atoms with van der Waals surface area (Å²) in [5.74, 6) is 0. The Balaban J connectivity index is 1.99. The van der Waals surface area contributed by atoms with E-state index in [2.05, 4.69) is 4.90 Å². The summed E-state index contributed by atoms with van der Waals surface area (Å²) in [6.45, 7) is 3.17. The third kappa shape index (κ3) is 2.29. The number of nitrogens with zero attached hydrogens (tertiary/aromatic N) is 4. The van der Waals surface area contributed by atoms with Gasteiger partial charge in [-0.25, -0.2) is 4.98 Å². The Kier molecular flexibility index (Phi) is 3.68. The Morgan fingerprint density at radius 1 is 1.20 bits per heavy atom. The minimum Gasteiger partial charge on any atom is -0.378 e. The summed E-state index contributed by atoms with van der Waals surface area (Å²) < 4.78 is 5.36. The predicted molar refractivity (Wildman–Crippen MR) is 76.2 cm³/mol. The zero-order valence-electron chi connectivity index (χ0n) is 11.1. The zero-order chi connectivity index (χ0) is 13.9. The number of aromatic nitrogens is 1. The molecule has 1 aromatic heterocycles. The molecule has 1 aromatic rings. The van der Waals surface area contributed by atoms with E-state index >= 15 is 0 Å². The Morgan fingerprint density at radius 2 is 1.95 bits per heavy atom. The van der Waals surface area contributed by atoms with Crippen molar-refractivity contribution in [3.05, 3.63) is 16.1 Å². The lowest BCUT2D eigenvalue weighted by molar-refractivity contribution is 0.122. The Hall–Kier alpha value is -1.89. The number of aryl methyl sites for hydroxylation is 1. The van der Waals surface area contributed by atoms with E-state index in [0.717, 1.165) is 66.8 Å². The summed E-state index contributed by atoms with van der Waals surface area (Å²) in [7, 11) is 0. The second-order valence-corrected chi connectivity index (χ2v) is 5.78. The van der Waals surface area contributed by atoms with Crippen LogP contribution in [0.2, 0.25) is 0 Å². The maximum absolute atomic E-state index is 9.09. The molecule has 0 unspecified atom stereocenters. The van der Waals surface area contributed by atoms with Gasteiger partial charge in [-0.05, 0) is 24.8 Å². The van der Waals surface area contributed by atoms with Gasteiger partial charge in [0.2, 0.25) is 0 Å². The van der Waals surface area contributed by atoms with E-state index in [4.69, 9.17) is 20.2 Å². The number of nitriles is 2. The third-order valence-electron chi connectivity index (χ3n) is 3.61. The van der Waals surface area contributed by atoms with Crippen LogP contribution in [-0.4, -0.2) is 31.3 Å². The van der Waals surface area contributed by atoms with Crippen molar-refractivity contribution in [1.29, 1.82) is 10.5 Å². The molecule has 1 fully saturated rings. The second-order valence-electron chi connectivity index (χ2n) is 4.80. The van der Waals surface area contributed by atoms with Crippen LogP contribution in [0.3, 0.4) is 0 Å². The molecule has 1 aliphatic carbocycles. The first-order valence-corrected chi connectivity index (χ1v) is 7.51. The van der Waals surface area contributed by atoms with Crippen molar-refractivity contribution in [3.63, 3.8) is 0 Å². The highest BCUT2D eigenvalue weighted by Gasteiger charge is 2.25. The van der Waals surface area contributed by atoms with E-state index in [1.807, 2.05) is 12.1 Å². The van der Waals surface area contributed by atoms with Gasteiger partial charge in [-0.2, -0.15) is 10.5 Å². The monoisotopic (exact) mass is 286 g/mol. The molecule has 2 heterocycles.